The van der Waals surface area contributed by atoms with Gasteiger partial charge in [-0.2, -0.15) is 42.1 Å². The van der Waals surface area contributed by atoms with E-state index in [1.165, 1.54) is 34.2 Å². The van der Waals surface area contributed by atoms with Crippen LogP contribution in [0.2, 0.25) is 30.1 Å². The normalized spacial score (nSPS) is 12.0. The van der Waals surface area contributed by atoms with Gasteiger partial charge in [0.15, 0.2) is 12.5 Å². The first-order valence-corrected chi connectivity index (χ1v) is 37.2. The molecule has 25 heteroatoms. The molecule has 2 aliphatic heterocycles. The van der Waals surface area contributed by atoms with Gasteiger partial charge < -0.3 is 8.83 Å². The number of aromatic nitrogens is 10. The molecule has 0 spiro atoms. The maximum Gasteiger partial charge on any atom is 0.225 e. The number of azo groups is 1. The maximum atomic E-state index is 6.46. The molecule has 0 saturated carbocycles. The third-order valence-electron chi connectivity index (χ3n) is 16.3. The lowest BCUT2D eigenvalue weighted by molar-refractivity contribution is 0.472. The minimum absolute atomic E-state index is 0.337. The van der Waals surface area contributed by atoms with Gasteiger partial charge in [0.25, 0.3) is 0 Å². The smallest absolute Gasteiger partial charge is 0.225 e. The molecule has 7 aromatic heterocycles. The molecule has 0 bridgehead atoms. The zero-order chi connectivity index (χ0) is 74.8. The van der Waals surface area contributed by atoms with Crippen LogP contribution >= 0.6 is 80.9 Å². The van der Waals surface area contributed by atoms with Gasteiger partial charge in [-0.3, -0.25) is 0 Å². The quantitative estimate of drug-likeness (QED) is 0.104. The molecule has 0 aliphatic carbocycles. The van der Waals surface area contributed by atoms with Gasteiger partial charge in [0.1, 0.15) is 35.1 Å². The molecular formula is C80H80Cl6N16O2S. The number of nitrogens with zero attached hydrogens (tertiary/aromatic N) is 15. The molecule has 0 radical (unpaired) electrons. The third-order valence-corrected chi connectivity index (χ3v) is 18.7. The number of halogens is 6. The van der Waals surface area contributed by atoms with Crippen LogP contribution in [-0.4, -0.2) is 74.7 Å². The molecule has 0 saturated heterocycles. The molecule has 2 aliphatic rings. The summed E-state index contributed by atoms with van der Waals surface area (Å²) in [6.07, 6.45) is 8.64. The Morgan fingerprint density at radius 2 is 0.981 bits per heavy atom. The first-order valence-electron chi connectivity index (χ1n) is 34.0. The monoisotopic (exact) mass is 1540 g/mol. The highest BCUT2D eigenvalue weighted by Crippen LogP contribution is 2.38. The van der Waals surface area contributed by atoms with Gasteiger partial charge in [0.05, 0.1) is 68.0 Å². The van der Waals surface area contributed by atoms with Crippen molar-refractivity contribution in [3.05, 3.63) is 273 Å². The van der Waals surface area contributed by atoms with Crippen molar-refractivity contribution in [2.75, 3.05) is 13.2 Å². The number of nitrogens with one attached hydrogen (secondary N) is 1. The first-order chi connectivity index (χ1) is 50.5. The van der Waals surface area contributed by atoms with E-state index in [1.54, 1.807) is 71.2 Å². The lowest BCUT2D eigenvalue weighted by atomic mass is 10.0. The molecule has 9 heterocycles. The zero-order valence-electron chi connectivity index (χ0n) is 60.3. The van der Waals surface area contributed by atoms with Crippen LogP contribution in [0.15, 0.2) is 221 Å². The Kier molecular flexibility index (Phi) is 27.5. The average molecular weight is 1540 g/mol. The predicted molar refractivity (Wildman–Crippen MR) is 429 cm³/mol. The van der Waals surface area contributed by atoms with E-state index in [9.17, 15) is 0 Å². The minimum Gasteiger partial charge on any atom is -0.472 e. The molecule has 0 amide bonds. The maximum absolute atomic E-state index is 6.46. The van der Waals surface area contributed by atoms with Gasteiger partial charge in [-0.15, -0.1) is 20.4 Å². The highest BCUT2D eigenvalue weighted by Gasteiger charge is 2.27. The molecule has 0 unspecified atom stereocenters. The van der Waals surface area contributed by atoms with Crippen molar-refractivity contribution < 1.29 is 8.83 Å². The summed E-state index contributed by atoms with van der Waals surface area (Å²) in [4.78, 5) is 4.31. The topological polar surface area (TPSA) is 208 Å². The number of aliphatic imine (C=N–C) groups is 1. The molecule has 18 nitrogen and oxygen atoms in total. The van der Waals surface area contributed by atoms with Crippen molar-refractivity contribution in [3.8, 4) is 62.4 Å². The number of benzene rings is 6. The van der Waals surface area contributed by atoms with Crippen molar-refractivity contribution in [3.63, 3.8) is 0 Å². The number of furan rings is 2. The van der Waals surface area contributed by atoms with Gasteiger partial charge in [0.2, 0.25) is 5.82 Å². The minimum atomic E-state index is 0.337. The largest absolute Gasteiger partial charge is 0.472 e. The second-order valence-corrected chi connectivity index (χ2v) is 29.6. The van der Waals surface area contributed by atoms with Crippen LogP contribution in [0.4, 0.5) is 0 Å². The lowest BCUT2D eigenvalue weighted by Gasteiger charge is -2.11. The van der Waals surface area contributed by atoms with E-state index in [0.29, 0.717) is 72.3 Å². The van der Waals surface area contributed by atoms with Crippen LogP contribution in [0.1, 0.15) is 103 Å². The van der Waals surface area contributed by atoms with Crippen LogP contribution < -0.4 is 0 Å². The average Bonchev–Trinajstić information content (AvgIpc) is 1.64. The molecule has 0 fully saturated rings. The summed E-state index contributed by atoms with van der Waals surface area (Å²) in [7, 11) is 0. The van der Waals surface area contributed by atoms with Crippen LogP contribution in [0.5, 0.6) is 0 Å². The van der Waals surface area contributed by atoms with Gasteiger partial charge in [-0.05, 0) is 183 Å². The van der Waals surface area contributed by atoms with Gasteiger partial charge in [0, 0.05) is 54.9 Å². The highest BCUT2D eigenvalue weighted by atomic mass is 35.5. The van der Waals surface area contributed by atoms with Crippen LogP contribution in [0.25, 0.3) is 62.4 Å². The summed E-state index contributed by atoms with van der Waals surface area (Å²) in [6.45, 7) is 26.2. The van der Waals surface area contributed by atoms with E-state index in [4.69, 9.17) is 93.7 Å². The van der Waals surface area contributed by atoms with Gasteiger partial charge in [-0.25, -0.2) is 19.0 Å². The number of hydrogen-bond acceptors (Lipinski definition) is 15. The Hall–Kier alpha value is -9.44. The van der Waals surface area contributed by atoms with Crippen molar-refractivity contribution >= 4 is 92.5 Å². The van der Waals surface area contributed by atoms with E-state index in [2.05, 4.69) is 203 Å². The fourth-order valence-corrected chi connectivity index (χ4v) is 13.5. The number of tetrazole rings is 1. The van der Waals surface area contributed by atoms with Crippen LogP contribution in [-0.2, 0) is 19.3 Å². The van der Waals surface area contributed by atoms with E-state index in [1.807, 2.05) is 66.5 Å². The Morgan fingerprint density at radius 3 is 1.37 bits per heavy atom. The summed E-state index contributed by atoms with van der Waals surface area (Å²) in [6, 6.07) is 49.0. The van der Waals surface area contributed by atoms with E-state index < -0.39 is 0 Å². The van der Waals surface area contributed by atoms with E-state index in [0.717, 1.165) is 109 Å². The fraction of sp³-hybridized carbons (Fsp3) is 0.250. The zero-order valence-corrected chi connectivity index (χ0v) is 65.6. The summed E-state index contributed by atoms with van der Waals surface area (Å²) < 4.78 is 15.5. The Bertz CT molecular complexity index is 5000. The molecular weight excluding hydrogens is 1460 g/mol. The second kappa shape index (κ2) is 37.0. The molecule has 540 valence electrons. The SMILES string of the molecule is CC(C)Cc1ccco1.CC(C)Cc1ccoc1.CC(C)Cc1ccsc1.Cc1ccc(-c2c(C)c(-c3nn[nH]n3)nn2-c2ccc(Cl)cc2Cl)cc1.Cc1ccc(-c2c(C)c(C3=NCN=N3)nn2-c2ccc(Cl)cc2Cl)cc1.Cc1ccc(-c2c(C)c(C3=NN=NC3)nn2-c2ccc(Cl)cc2Cl)cc1. The Labute approximate surface area is 645 Å². The Morgan fingerprint density at radius 1 is 0.505 bits per heavy atom. The highest BCUT2D eigenvalue weighted by molar-refractivity contribution is 7.08. The van der Waals surface area contributed by atoms with Gasteiger partial charge in [-0.1, -0.05) is 201 Å². The molecule has 6 aromatic carbocycles. The summed E-state index contributed by atoms with van der Waals surface area (Å²) in [5, 5.41) is 55.9. The number of thiophene rings is 1. The lowest BCUT2D eigenvalue weighted by Crippen LogP contribution is -2.06. The summed E-state index contributed by atoms with van der Waals surface area (Å²) in [5.74, 6) is 4.27. The van der Waals surface area contributed by atoms with Crippen molar-refractivity contribution in [1.29, 1.82) is 0 Å². The number of rotatable bonds is 15. The van der Waals surface area contributed by atoms with Crippen LogP contribution in [0, 0.1) is 59.3 Å². The first kappa shape index (κ1) is 78.2. The standard InChI is InChI=1S/2C19H15Cl2N5.C18H14Cl2N6.2C8H12O.C8H12S/c1-11-3-5-13(6-4-11)19-12(2)18(16-10-22-25-23-16)24-26(19)17-8-7-14(20)9-15(17)21;1-11-3-5-13(6-4-11)18-12(2)17(19-22-10-23-24-19)25-26(18)16-8-7-14(20)9-15(16)21;1-10-3-5-12(6-4-10)17-11(2)16(18-21-24-25-22-18)23-26(17)15-8-7-13(19)9-14(15)20;1-7(2)5-8-3-4-9-6-8;1-7(2)6-8-4-3-5-9-8;1-7(2)5-8-3-4-9-6-8/h2*3-9H,10H2,1-2H3;3-9H,1-2H3,(H,21,22,24,25);3-4,6-7H,5H2,1-2H3;3-5,7H,6H2,1-2H3;3-4,6-7H,5H2,1-2H3. The molecule has 15 rings (SSSR count). The third kappa shape index (κ3) is 20.8. The van der Waals surface area contributed by atoms with Crippen LogP contribution in [0.3, 0.4) is 0 Å². The molecule has 0 atom stereocenters. The fourth-order valence-electron chi connectivity index (χ4n) is 11.4. The summed E-state index contributed by atoms with van der Waals surface area (Å²) >= 11 is 39.3. The number of amidine groups is 1. The van der Waals surface area contributed by atoms with Crippen molar-refractivity contribution in [2.45, 2.75) is 102 Å². The number of hydrogen-bond donors (Lipinski definition) is 1. The van der Waals surface area contributed by atoms with Crippen molar-refractivity contribution in [1.82, 2.24) is 50.0 Å². The number of H-pyrrole nitrogens is 1. The van der Waals surface area contributed by atoms with E-state index in [-0.39, 0.29) is 0 Å². The van der Waals surface area contributed by atoms with E-state index >= 15 is 0 Å². The molecule has 105 heavy (non-hydrogen) atoms. The van der Waals surface area contributed by atoms with Crippen molar-refractivity contribution in [2.24, 2.45) is 48.4 Å². The predicted octanol–water partition coefficient (Wildman–Crippen LogP) is 23.8. The second-order valence-electron chi connectivity index (χ2n) is 26.3. The molecule has 1 N–H and O–H groups in total. The molecule has 13 aromatic rings. The number of aromatic amines is 1. The summed E-state index contributed by atoms with van der Waals surface area (Å²) in [5.41, 5.74) is 20.3. The number of aryl methyl sites for hydroxylation is 3. The Balaban J connectivity index is 0.000000143. The van der Waals surface area contributed by atoms with Gasteiger partial charge >= 0.3 is 0 Å².